The fourth-order valence-corrected chi connectivity index (χ4v) is 6.09. The van der Waals surface area contributed by atoms with E-state index in [2.05, 4.69) is 17.6 Å². The van der Waals surface area contributed by atoms with Crippen molar-refractivity contribution in [1.29, 1.82) is 0 Å². The lowest BCUT2D eigenvalue weighted by atomic mass is 9.99. The van der Waals surface area contributed by atoms with Crippen molar-refractivity contribution in [2.45, 2.75) is 51.5 Å². The minimum atomic E-state index is -3.36. The van der Waals surface area contributed by atoms with Gasteiger partial charge in [0.2, 0.25) is 5.91 Å². The van der Waals surface area contributed by atoms with Crippen LogP contribution in [0.3, 0.4) is 0 Å². The Morgan fingerprint density at radius 1 is 1.08 bits per heavy atom. The van der Waals surface area contributed by atoms with E-state index < -0.39 is 10.2 Å². The number of hydrogen-bond acceptors (Lipinski definition) is 4. The Hall–Kier alpha value is -0.410. The van der Waals surface area contributed by atoms with Crippen LogP contribution in [0.25, 0.3) is 0 Å². The van der Waals surface area contributed by atoms with Crippen LogP contribution in [-0.2, 0) is 15.0 Å². The number of amides is 1. The molecule has 0 saturated carbocycles. The molecule has 0 aliphatic carbocycles. The van der Waals surface area contributed by atoms with E-state index in [1.807, 2.05) is 0 Å². The number of rotatable bonds is 5. The molecule has 3 fully saturated rings. The van der Waals surface area contributed by atoms with E-state index in [-0.39, 0.29) is 30.3 Å². The SMILES string of the molecule is CC1CCCN(S(=O)(=O)N2CCCC(CNC(=O)C3CCCN3)C2)C1.Cl. The van der Waals surface area contributed by atoms with Gasteiger partial charge >= 0.3 is 0 Å². The van der Waals surface area contributed by atoms with Crippen molar-refractivity contribution in [3.8, 4) is 0 Å². The van der Waals surface area contributed by atoms with E-state index in [4.69, 9.17) is 0 Å². The first kappa shape index (κ1) is 21.9. The topological polar surface area (TPSA) is 81.8 Å². The van der Waals surface area contributed by atoms with Gasteiger partial charge in [-0.25, -0.2) is 0 Å². The van der Waals surface area contributed by atoms with Gasteiger partial charge in [0.15, 0.2) is 0 Å². The molecule has 0 radical (unpaired) electrons. The predicted molar refractivity (Wildman–Crippen MR) is 104 cm³/mol. The number of hydrogen-bond donors (Lipinski definition) is 2. The molecule has 0 bridgehead atoms. The van der Waals surface area contributed by atoms with Gasteiger partial charge in [-0.15, -0.1) is 12.4 Å². The quantitative estimate of drug-likeness (QED) is 0.710. The van der Waals surface area contributed by atoms with Gasteiger partial charge in [0.05, 0.1) is 6.04 Å². The monoisotopic (exact) mass is 408 g/mol. The fourth-order valence-electron chi connectivity index (χ4n) is 4.20. The van der Waals surface area contributed by atoms with Gasteiger partial charge in [0.25, 0.3) is 10.2 Å². The van der Waals surface area contributed by atoms with Crippen LogP contribution < -0.4 is 10.6 Å². The summed E-state index contributed by atoms with van der Waals surface area (Å²) in [5.41, 5.74) is 0. The number of nitrogens with zero attached hydrogens (tertiary/aromatic N) is 2. The zero-order chi connectivity index (χ0) is 17.9. The molecule has 0 aromatic heterocycles. The van der Waals surface area contributed by atoms with Crippen LogP contribution in [0.15, 0.2) is 0 Å². The van der Waals surface area contributed by atoms with Gasteiger partial charge in [-0.1, -0.05) is 6.92 Å². The van der Waals surface area contributed by atoms with Crippen molar-refractivity contribution in [2.75, 3.05) is 39.3 Å². The molecule has 3 heterocycles. The van der Waals surface area contributed by atoms with Crippen molar-refractivity contribution >= 4 is 28.5 Å². The molecule has 26 heavy (non-hydrogen) atoms. The summed E-state index contributed by atoms with van der Waals surface area (Å²) in [6.07, 6.45) is 5.83. The number of carbonyl (C=O) groups is 1. The van der Waals surface area contributed by atoms with Gasteiger partial charge in [-0.3, -0.25) is 4.79 Å². The molecule has 0 aromatic carbocycles. The molecule has 9 heteroatoms. The second kappa shape index (κ2) is 9.68. The van der Waals surface area contributed by atoms with Crippen LogP contribution in [0.2, 0.25) is 0 Å². The molecule has 3 saturated heterocycles. The van der Waals surface area contributed by atoms with Crippen molar-refractivity contribution in [1.82, 2.24) is 19.2 Å². The normalized spacial score (nSPS) is 31.3. The Morgan fingerprint density at radius 2 is 1.77 bits per heavy atom. The Morgan fingerprint density at radius 3 is 2.42 bits per heavy atom. The van der Waals surface area contributed by atoms with Crippen LogP contribution in [0.5, 0.6) is 0 Å². The third-order valence-electron chi connectivity index (χ3n) is 5.70. The van der Waals surface area contributed by atoms with E-state index in [1.165, 1.54) is 0 Å². The molecule has 3 aliphatic heterocycles. The van der Waals surface area contributed by atoms with Gasteiger partial charge in [-0.05, 0) is 56.9 Å². The first-order valence-corrected chi connectivity index (χ1v) is 11.1. The summed E-state index contributed by atoms with van der Waals surface area (Å²) >= 11 is 0. The number of halogens is 1. The van der Waals surface area contributed by atoms with Gasteiger partial charge in [-0.2, -0.15) is 17.0 Å². The molecule has 2 N–H and O–H groups in total. The van der Waals surface area contributed by atoms with E-state index in [0.717, 1.165) is 45.1 Å². The largest absolute Gasteiger partial charge is 0.354 e. The fraction of sp³-hybridized carbons (Fsp3) is 0.941. The molecule has 3 rings (SSSR count). The van der Waals surface area contributed by atoms with Crippen molar-refractivity contribution in [3.05, 3.63) is 0 Å². The van der Waals surface area contributed by atoms with Crippen molar-refractivity contribution in [3.63, 3.8) is 0 Å². The summed E-state index contributed by atoms with van der Waals surface area (Å²) in [5, 5.41) is 6.22. The van der Waals surface area contributed by atoms with Crippen LogP contribution in [0.4, 0.5) is 0 Å². The highest BCUT2D eigenvalue weighted by Crippen LogP contribution is 2.25. The number of carbonyl (C=O) groups excluding carboxylic acids is 1. The van der Waals surface area contributed by atoms with Crippen LogP contribution in [0.1, 0.15) is 45.4 Å². The second-order valence-corrected chi connectivity index (χ2v) is 9.80. The molecular weight excluding hydrogens is 376 g/mol. The summed E-state index contributed by atoms with van der Waals surface area (Å²) in [5.74, 6) is 0.695. The highest BCUT2D eigenvalue weighted by Gasteiger charge is 2.35. The van der Waals surface area contributed by atoms with Crippen LogP contribution >= 0.6 is 12.4 Å². The Bertz CT molecular complexity index is 568. The minimum absolute atomic E-state index is 0. The molecule has 3 aliphatic rings. The molecule has 3 unspecified atom stereocenters. The molecule has 0 spiro atoms. The third kappa shape index (κ3) is 5.32. The maximum Gasteiger partial charge on any atom is 0.281 e. The first-order valence-electron chi connectivity index (χ1n) is 9.73. The summed E-state index contributed by atoms with van der Waals surface area (Å²) in [4.78, 5) is 12.1. The van der Waals surface area contributed by atoms with E-state index in [1.54, 1.807) is 8.61 Å². The first-order chi connectivity index (χ1) is 12.0. The highest BCUT2D eigenvalue weighted by atomic mass is 35.5. The van der Waals surface area contributed by atoms with Gasteiger partial charge in [0.1, 0.15) is 0 Å². The van der Waals surface area contributed by atoms with E-state index >= 15 is 0 Å². The van der Waals surface area contributed by atoms with Crippen LogP contribution in [-0.4, -0.2) is 68.2 Å². The maximum absolute atomic E-state index is 12.9. The predicted octanol–water partition coefficient (Wildman–Crippen LogP) is 0.965. The Balaban J connectivity index is 0.00000243. The molecule has 1 amide bonds. The molecule has 3 atom stereocenters. The summed E-state index contributed by atoms with van der Waals surface area (Å²) < 4.78 is 29.2. The lowest BCUT2D eigenvalue weighted by Gasteiger charge is -2.38. The summed E-state index contributed by atoms with van der Waals surface area (Å²) in [6.45, 7) is 5.98. The summed E-state index contributed by atoms with van der Waals surface area (Å²) in [7, 11) is -3.36. The Kier molecular flexibility index (Phi) is 8.15. The van der Waals surface area contributed by atoms with E-state index in [0.29, 0.717) is 38.6 Å². The molecular formula is C17H33ClN4O3S. The zero-order valence-corrected chi connectivity index (χ0v) is 17.3. The Labute approximate surface area is 163 Å². The molecule has 152 valence electrons. The highest BCUT2D eigenvalue weighted by molar-refractivity contribution is 7.86. The minimum Gasteiger partial charge on any atom is -0.354 e. The van der Waals surface area contributed by atoms with Crippen molar-refractivity contribution in [2.24, 2.45) is 11.8 Å². The maximum atomic E-state index is 12.9. The molecule has 0 aromatic rings. The third-order valence-corrected chi connectivity index (χ3v) is 7.66. The zero-order valence-electron chi connectivity index (χ0n) is 15.7. The van der Waals surface area contributed by atoms with Crippen LogP contribution in [0, 0.1) is 11.8 Å². The summed E-state index contributed by atoms with van der Waals surface area (Å²) in [6, 6.07) is -0.0711. The lowest BCUT2D eigenvalue weighted by molar-refractivity contribution is -0.123. The lowest BCUT2D eigenvalue weighted by Crippen LogP contribution is -2.52. The number of piperidine rings is 2. The van der Waals surface area contributed by atoms with Gasteiger partial charge in [0, 0.05) is 32.7 Å². The van der Waals surface area contributed by atoms with Crippen molar-refractivity contribution < 1.29 is 13.2 Å². The van der Waals surface area contributed by atoms with Gasteiger partial charge < -0.3 is 10.6 Å². The average molecular weight is 409 g/mol. The average Bonchev–Trinajstić information content (AvgIpc) is 3.15. The van der Waals surface area contributed by atoms with E-state index in [9.17, 15) is 13.2 Å². The molecule has 7 nitrogen and oxygen atoms in total. The number of nitrogens with one attached hydrogen (secondary N) is 2. The smallest absolute Gasteiger partial charge is 0.281 e. The standard InChI is InChI=1S/C17H32N4O3S.ClH/c1-14-5-3-9-20(12-14)25(23,24)21-10-4-6-15(13-21)11-19-17(22)16-7-2-8-18-16;/h14-16,18H,2-13H2,1H3,(H,19,22);1H. The second-order valence-electron chi connectivity index (χ2n) is 7.87.